The van der Waals surface area contributed by atoms with E-state index in [4.69, 9.17) is 21.1 Å². The lowest BCUT2D eigenvalue weighted by Gasteiger charge is -2.08. The molecule has 0 radical (unpaired) electrons. The predicted octanol–water partition coefficient (Wildman–Crippen LogP) is 3.16. The topological polar surface area (TPSA) is 47.6 Å². The molecule has 0 aliphatic rings. The fraction of sp³-hybridized carbons (Fsp3) is 0.188. The number of rotatable bonds is 6. The molecule has 2 rings (SSSR count). The third-order valence-electron chi connectivity index (χ3n) is 2.82. The Hall–Kier alpha value is -2.20. The molecule has 0 aromatic heterocycles. The van der Waals surface area contributed by atoms with Crippen LogP contribution in [0.3, 0.4) is 0 Å². The zero-order valence-corrected chi connectivity index (χ0v) is 12.4. The number of carbonyl (C=O) groups excluding carboxylic acids is 1. The van der Waals surface area contributed by atoms with Crippen molar-refractivity contribution in [1.29, 1.82) is 0 Å². The molecule has 0 saturated heterocycles. The van der Waals surface area contributed by atoms with E-state index in [0.29, 0.717) is 23.7 Å². The zero-order valence-electron chi connectivity index (χ0n) is 11.6. The summed E-state index contributed by atoms with van der Waals surface area (Å²) in [6, 6.07) is 14.0. The Morgan fingerprint density at radius 1 is 1.05 bits per heavy atom. The summed E-state index contributed by atoms with van der Waals surface area (Å²) in [4.78, 5) is 11.8. The molecule has 2 aromatic rings. The quantitative estimate of drug-likeness (QED) is 0.834. The van der Waals surface area contributed by atoms with Crippen LogP contribution in [0.15, 0.2) is 48.5 Å². The minimum absolute atomic E-state index is 0.148. The first-order chi connectivity index (χ1) is 10.2. The molecule has 0 spiro atoms. The minimum atomic E-state index is -0.148. The van der Waals surface area contributed by atoms with E-state index in [1.54, 1.807) is 31.4 Å². The summed E-state index contributed by atoms with van der Waals surface area (Å²) in [5.41, 5.74) is 0.573. The van der Waals surface area contributed by atoms with Gasteiger partial charge in [-0.05, 0) is 48.5 Å². The molecule has 0 saturated carbocycles. The van der Waals surface area contributed by atoms with E-state index < -0.39 is 0 Å². The molecular formula is C16H16ClNO3. The summed E-state index contributed by atoms with van der Waals surface area (Å²) in [6.07, 6.45) is 0. The molecule has 0 atom stereocenters. The lowest BCUT2D eigenvalue weighted by atomic mass is 10.2. The number of halogens is 1. The molecule has 0 aliphatic heterocycles. The third-order valence-corrected chi connectivity index (χ3v) is 3.07. The summed E-state index contributed by atoms with van der Waals surface area (Å²) in [6.45, 7) is 0.819. The van der Waals surface area contributed by atoms with Crippen molar-refractivity contribution in [3.63, 3.8) is 0 Å². The summed E-state index contributed by atoms with van der Waals surface area (Å²) < 4.78 is 10.6. The summed E-state index contributed by atoms with van der Waals surface area (Å²) in [5.74, 6) is 1.36. The maximum absolute atomic E-state index is 11.8. The maximum Gasteiger partial charge on any atom is 0.251 e. The van der Waals surface area contributed by atoms with Gasteiger partial charge in [-0.1, -0.05) is 11.6 Å². The van der Waals surface area contributed by atoms with Gasteiger partial charge in [0.1, 0.15) is 18.1 Å². The van der Waals surface area contributed by atoms with Gasteiger partial charge in [0.05, 0.1) is 13.7 Å². The molecule has 110 valence electrons. The number of carbonyl (C=O) groups is 1. The first-order valence-corrected chi connectivity index (χ1v) is 6.87. The lowest BCUT2D eigenvalue weighted by Crippen LogP contribution is -2.28. The molecule has 0 aliphatic carbocycles. The first kappa shape index (κ1) is 15.2. The highest BCUT2D eigenvalue weighted by atomic mass is 35.5. The van der Waals surface area contributed by atoms with E-state index in [1.807, 2.05) is 24.3 Å². The highest BCUT2D eigenvalue weighted by Crippen LogP contribution is 2.16. The van der Waals surface area contributed by atoms with Crippen molar-refractivity contribution >= 4 is 17.5 Å². The lowest BCUT2D eigenvalue weighted by molar-refractivity contribution is 0.0947. The smallest absolute Gasteiger partial charge is 0.251 e. The molecule has 0 fully saturated rings. The summed E-state index contributed by atoms with van der Waals surface area (Å²) >= 11 is 5.77. The van der Waals surface area contributed by atoms with Crippen LogP contribution >= 0.6 is 11.6 Å². The average Bonchev–Trinajstić information content (AvgIpc) is 2.52. The number of hydrogen-bond donors (Lipinski definition) is 1. The molecular weight excluding hydrogens is 290 g/mol. The predicted molar refractivity (Wildman–Crippen MR) is 82.3 cm³/mol. The van der Waals surface area contributed by atoms with E-state index in [-0.39, 0.29) is 5.91 Å². The molecule has 0 unspecified atom stereocenters. The van der Waals surface area contributed by atoms with Gasteiger partial charge in [0, 0.05) is 10.6 Å². The van der Waals surface area contributed by atoms with Crippen LogP contribution in [0.1, 0.15) is 10.4 Å². The van der Waals surface area contributed by atoms with E-state index in [9.17, 15) is 4.79 Å². The molecule has 5 heteroatoms. The highest BCUT2D eigenvalue weighted by molar-refractivity contribution is 6.30. The Labute approximate surface area is 128 Å². The van der Waals surface area contributed by atoms with Crippen LogP contribution < -0.4 is 14.8 Å². The van der Waals surface area contributed by atoms with Crippen LogP contribution in [0, 0.1) is 0 Å². The molecule has 1 amide bonds. The van der Waals surface area contributed by atoms with Gasteiger partial charge in [-0.25, -0.2) is 0 Å². The fourth-order valence-electron chi connectivity index (χ4n) is 1.71. The Kier molecular flexibility index (Phi) is 5.46. The van der Waals surface area contributed by atoms with E-state index >= 15 is 0 Å². The largest absolute Gasteiger partial charge is 0.497 e. The SMILES string of the molecule is COc1ccc(OCCNC(=O)c2ccc(Cl)cc2)cc1. The van der Waals surface area contributed by atoms with Crippen LogP contribution in [0.5, 0.6) is 11.5 Å². The van der Waals surface area contributed by atoms with Crippen molar-refractivity contribution in [2.75, 3.05) is 20.3 Å². The molecule has 4 nitrogen and oxygen atoms in total. The molecule has 0 bridgehead atoms. The molecule has 0 heterocycles. The number of hydrogen-bond acceptors (Lipinski definition) is 3. The number of ether oxygens (including phenoxy) is 2. The second-order valence-electron chi connectivity index (χ2n) is 4.29. The van der Waals surface area contributed by atoms with Crippen LogP contribution in [0.2, 0.25) is 5.02 Å². The third kappa shape index (κ3) is 4.68. The Balaban J connectivity index is 1.73. The molecule has 1 N–H and O–H groups in total. The van der Waals surface area contributed by atoms with Crippen molar-refractivity contribution < 1.29 is 14.3 Å². The normalized spacial score (nSPS) is 10.0. The monoisotopic (exact) mass is 305 g/mol. The van der Waals surface area contributed by atoms with Crippen LogP contribution in [0.4, 0.5) is 0 Å². The van der Waals surface area contributed by atoms with E-state index in [1.165, 1.54) is 0 Å². The van der Waals surface area contributed by atoms with Crippen molar-refractivity contribution in [2.45, 2.75) is 0 Å². The zero-order chi connectivity index (χ0) is 15.1. The average molecular weight is 306 g/mol. The summed E-state index contributed by atoms with van der Waals surface area (Å²) in [5, 5.41) is 3.39. The number of benzene rings is 2. The van der Waals surface area contributed by atoms with E-state index in [2.05, 4.69) is 5.32 Å². The van der Waals surface area contributed by atoms with Gasteiger partial charge in [0.25, 0.3) is 5.91 Å². The fourth-order valence-corrected chi connectivity index (χ4v) is 1.83. The number of amides is 1. The van der Waals surface area contributed by atoms with Gasteiger partial charge in [-0.3, -0.25) is 4.79 Å². The number of nitrogens with one attached hydrogen (secondary N) is 1. The van der Waals surface area contributed by atoms with Crippen molar-refractivity contribution in [3.05, 3.63) is 59.1 Å². The van der Waals surface area contributed by atoms with Gasteiger partial charge in [-0.15, -0.1) is 0 Å². The van der Waals surface area contributed by atoms with Crippen molar-refractivity contribution in [3.8, 4) is 11.5 Å². The van der Waals surface area contributed by atoms with Crippen LogP contribution in [-0.4, -0.2) is 26.2 Å². The van der Waals surface area contributed by atoms with Gasteiger partial charge in [0.15, 0.2) is 0 Å². The van der Waals surface area contributed by atoms with Gasteiger partial charge in [0.2, 0.25) is 0 Å². The standard InChI is InChI=1S/C16H16ClNO3/c1-20-14-6-8-15(9-7-14)21-11-10-18-16(19)12-2-4-13(17)5-3-12/h2-9H,10-11H2,1H3,(H,18,19). The minimum Gasteiger partial charge on any atom is -0.497 e. The second kappa shape index (κ2) is 7.55. The maximum atomic E-state index is 11.8. The second-order valence-corrected chi connectivity index (χ2v) is 4.72. The van der Waals surface area contributed by atoms with Crippen molar-refractivity contribution in [2.24, 2.45) is 0 Å². The van der Waals surface area contributed by atoms with Crippen LogP contribution in [-0.2, 0) is 0 Å². The Bertz CT molecular complexity index is 581. The Morgan fingerprint density at radius 3 is 2.29 bits per heavy atom. The van der Waals surface area contributed by atoms with E-state index in [0.717, 1.165) is 11.5 Å². The Morgan fingerprint density at radius 2 is 1.67 bits per heavy atom. The van der Waals surface area contributed by atoms with Gasteiger partial charge < -0.3 is 14.8 Å². The van der Waals surface area contributed by atoms with Crippen molar-refractivity contribution in [1.82, 2.24) is 5.32 Å². The highest BCUT2D eigenvalue weighted by Gasteiger charge is 2.04. The number of methoxy groups -OCH3 is 1. The van der Waals surface area contributed by atoms with Crippen LogP contribution in [0.25, 0.3) is 0 Å². The molecule has 2 aromatic carbocycles. The summed E-state index contributed by atoms with van der Waals surface area (Å²) in [7, 11) is 1.61. The first-order valence-electron chi connectivity index (χ1n) is 6.49. The van der Waals surface area contributed by atoms with Gasteiger partial charge >= 0.3 is 0 Å². The van der Waals surface area contributed by atoms with Gasteiger partial charge in [-0.2, -0.15) is 0 Å². The molecule has 21 heavy (non-hydrogen) atoms.